The minimum absolute atomic E-state index is 0.0231. The van der Waals surface area contributed by atoms with Crippen LogP contribution in [0.4, 0.5) is 0 Å². The molecule has 0 saturated heterocycles. The Labute approximate surface area is 90.7 Å². The highest BCUT2D eigenvalue weighted by Gasteiger charge is 2.33. The summed E-state index contributed by atoms with van der Waals surface area (Å²) in [5.74, 6) is 0. The number of rotatable bonds is 6. The second kappa shape index (κ2) is 5.71. The van der Waals surface area contributed by atoms with Crippen LogP contribution in [-0.2, 0) is 4.43 Å². The van der Waals surface area contributed by atoms with Crippen LogP contribution in [0.15, 0.2) is 12.3 Å². The molecule has 1 nitrogen and oxygen atoms in total. The van der Waals surface area contributed by atoms with Crippen molar-refractivity contribution in [1.29, 1.82) is 0 Å². The van der Waals surface area contributed by atoms with E-state index in [2.05, 4.69) is 46.9 Å². The summed E-state index contributed by atoms with van der Waals surface area (Å²) in [6, 6.07) is 2.42. The van der Waals surface area contributed by atoms with Gasteiger partial charge in [0, 0.05) is 5.60 Å². The van der Waals surface area contributed by atoms with E-state index in [1.54, 1.807) is 0 Å². The van der Waals surface area contributed by atoms with Crippen molar-refractivity contribution in [1.82, 2.24) is 0 Å². The zero-order valence-corrected chi connectivity index (χ0v) is 11.5. The molecular formula is C12H26OSi. The lowest BCUT2D eigenvalue weighted by Crippen LogP contribution is -2.42. The molecule has 0 aliphatic rings. The van der Waals surface area contributed by atoms with Gasteiger partial charge in [-0.1, -0.05) is 32.4 Å². The third-order valence-electron chi connectivity index (χ3n) is 2.23. The summed E-state index contributed by atoms with van der Waals surface area (Å²) in [5.41, 5.74) is 2.11. The Kier molecular flexibility index (Phi) is 5.68. The predicted octanol–water partition coefficient (Wildman–Crippen LogP) is 4.29. The second-order valence-corrected chi connectivity index (χ2v) is 8.73. The summed E-state index contributed by atoms with van der Waals surface area (Å²) in [4.78, 5) is 0. The van der Waals surface area contributed by atoms with Gasteiger partial charge in [-0.05, 0) is 32.9 Å². The van der Waals surface area contributed by atoms with E-state index in [0.29, 0.717) is 0 Å². The third-order valence-corrected chi connectivity index (χ3v) is 6.68. The van der Waals surface area contributed by atoms with Crippen LogP contribution in [-0.4, -0.2) is 13.9 Å². The summed E-state index contributed by atoms with van der Waals surface area (Å²) in [6.45, 7) is 14.9. The van der Waals surface area contributed by atoms with Crippen molar-refractivity contribution in [3.05, 3.63) is 12.3 Å². The van der Waals surface area contributed by atoms with Crippen molar-refractivity contribution in [3.8, 4) is 0 Å². The van der Waals surface area contributed by atoms with Gasteiger partial charge in [0.25, 0.3) is 0 Å². The van der Waals surface area contributed by atoms with Gasteiger partial charge in [0.2, 0.25) is 8.32 Å². The van der Waals surface area contributed by atoms with Gasteiger partial charge in [-0.25, -0.2) is 0 Å². The maximum absolute atomic E-state index is 6.28. The molecular weight excluding hydrogens is 188 g/mol. The van der Waals surface area contributed by atoms with Gasteiger partial charge in [-0.2, -0.15) is 0 Å². The fourth-order valence-electron chi connectivity index (χ4n) is 1.93. The molecule has 0 heterocycles. The van der Waals surface area contributed by atoms with Gasteiger partial charge in [-0.3, -0.25) is 0 Å². The van der Waals surface area contributed by atoms with Crippen molar-refractivity contribution < 1.29 is 4.43 Å². The monoisotopic (exact) mass is 214 g/mol. The summed E-state index contributed by atoms with van der Waals surface area (Å²) in [7, 11) is -1.64. The van der Waals surface area contributed by atoms with Crippen molar-refractivity contribution >= 4 is 8.32 Å². The zero-order valence-electron chi connectivity index (χ0n) is 10.5. The first-order valence-corrected chi connectivity index (χ1v) is 8.13. The first kappa shape index (κ1) is 13.9. The minimum atomic E-state index is -1.64. The lowest BCUT2D eigenvalue weighted by atomic mass is 10.2. The average molecular weight is 214 g/mol. The molecule has 0 bridgehead atoms. The fraction of sp³-hybridized carbons (Fsp3) is 0.833. The number of hydrogen-bond acceptors (Lipinski definition) is 1. The highest BCUT2D eigenvalue weighted by atomic mass is 28.4. The van der Waals surface area contributed by atoms with E-state index in [0.717, 1.165) is 0 Å². The van der Waals surface area contributed by atoms with Gasteiger partial charge >= 0.3 is 0 Å². The molecule has 84 valence electrons. The van der Waals surface area contributed by atoms with Crippen molar-refractivity contribution in [2.75, 3.05) is 0 Å². The topological polar surface area (TPSA) is 9.23 Å². The molecule has 0 aliphatic carbocycles. The Balaban J connectivity index is 4.56. The van der Waals surface area contributed by atoms with E-state index in [-0.39, 0.29) is 5.60 Å². The largest absolute Gasteiger partial charge is 0.408 e. The normalized spacial score (nSPS) is 12.9. The summed E-state index contributed by atoms with van der Waals surface area (Å²) in [6.07, 6.45) is 2.41. The van der Waals surface area contributed by atoms with E-state index in [4.69, 9.17) is 4.43 Å². The molecule has 0 saturated carbocycles. The Bertz CT molecular complexity index is 164. The lowest BCUT2D eigenvalue weighted by molar-refractivity contribution is 0.119. The molecule has 0 aliphatic heterocycles. The molecule has 0 amide bonds. The fourth-order valence-corrected chi connectivity index (χ4v) is 5.79. The Morgan fingerprint density at radius 3 is 1.79 bits per heavy atom. The molecule has 0 unspecified atom stereocenters. The second-order valence-electron chi connectivity index (χ2n) is 4.98. The van der Waals surface area contributed by atoms with Crippen LogP contribution >= 0.6 is 0 Å². The molecule has 0 radical (unpaired) electrons. The van der Waals surface area contributed by atoms with Crippen LogP contribution in [0.25, 0.3) is 0 Å². The molecule has 0 fully saturated rings. The van der Waals surface area contributed by atoms with Crippen LogP contribution in [0.1, 0.15) is 47.5 Å². The molecule has 0 spiro atoms. The lowest BCUT2D eigenvalue weighted by Gasteiger charge is -2.35. The van der Waals surface area contributed by atoms with E-state index in [1.807, 2.05) is 0 Å². The maximum Gasteiger partial charge on any atom is 0.217 e. The summed E-state index contributed by atoms with van der Waals surface area (Å²) in [5, 5.41) is 0. The molecule has 14 heavy (non-hydrogen) atoms. The standard InChI is InChI=1S/C12H26OSi/c1-7-10-14(9-3,11-8-2)13-12(4,5)6/h9H,3,7-8,10-11H2,1-2,4-6H3. The minimum Gasteiger partial charge on any atom is -0.408 e. The quantitative estimate of drug-likeness (QED) is 0.599. The molecule has 2 heteroatoms. The molecule has 0 aromatic heterocycles. The Morgan fingerprint density at radius 2 is 1.57 bits per heavy atom. The van der Waals surface area contributed by atoms with Crippen LogP contribution in [0.3, 0.4) is 0 Å². The van der Waals surface area contributed by atoms with Gasteiger partial charge < -0.3 is 4.43 Å². The van der Waals surface area contributed by atoms with E-state index >= 15 is 0 Å². The first-order valence-electron chi connectivity index (χ1n) is 5.73. The molecule has 0 rings (SSSR count). The zero-order chi connectivity index (χ0) is 11.2. The average Bonchev–Trinajstić information content (AvgIpc) is 2.02. The van der Waals surface area contributed by atoms with E-state index < -0.39 is 8.32 Å². The first-order chi connectivity index (χ1) is 6.39. The van der Waals surface area contributed by atoms with Gasteiger partial charge in [0.05, 0.1) is 0 Å². The predicted molar refractivity (Wildman–Crippen MR) is 67.0 cm³/mol. The molecule has 0 N–H and O–H groups in total. The Morgan fingerprint density at radius 1 is 1.14 bits per heavy atom. The van der Waals surface area contributed by atoms with Gasteiger partial charge in [0.15, 0.2) is 0 Å². The smallest absolute Gasteiger partial charge is 0.217 e. The van der Waals surface area contributed by atoms with Gasteiger partial charge in [-0.15, -0.1) is 6.58 Å². The van der Waals surface area contributed by atoms with Crippen LogP contribution in [0, 0.1) is 0 Å². The summed E-state index contributed by atoms with van der Waals surface area (Å²) >= 11 is 0. The third kappa shape index (κ3) is 4.96. The van der Waals surface area contributed by atoms with Crippen molar-refractivity contribution in [2.45, 2.75) is 65.1 Å². The highest BCUT2D eigenvalue weighted by molar-refractivity contribution is 6.78. The number of hydrogen-bond donors (Lipinski definition) is 0. The highest BCUT2D eigenvalue weighted by Crippen LogP contribution is 2.27. The van der Waals surface area contributed by atoms with Crippen molar-refractivity contribution in [3.63, 3.8) is 0 Å². The van der Waals surface area contributed by atoms with Crippen LogP contribution in [0.2, 0.25) is 12.1 Å². The van der Waals surface area contributed by atoms with Gasteiger partial charge in [0.1, 0.15) is 0 Å². The van der Waals surface area contributed by atoms with Crippen LogP contribution < -0.4 is 0 Å². The summed E-state index contributed by atoms with van der Waals surface area (Å²) < 4.78 is 6.28. The molecule has 0 atom stereocenters. The molecule has 0 aromatic carbocycles. The van der Waals surface area contributed by atoms with E-state index in [9.17, 15) is 0 Å². The molecule has 0 aromatic rings. The van der Waals surface area contributed by atoms with Crippen molar-refractivity contribution in [2.24, 2.45) is 0 Å². The van der Waals surface area contributed by atoms with E-state index in [1.165, 1.54) is 24.9 Å². The van der Waals surface area contributed by atoms with Crippen LogP contribution in [0.5, 0.6) is 0 Å². The Hall–Kier alpha value is -0.0831. The SMILES string of the molecule is C=C[Si](CCC)(CCC)OC(C)(C)C. The maximum atomic E-state index is 6.28.